The first-order valence-electron chi connectivity index (χ1n) is 9.37. The van der Waals surface area contributed by atoms with Gasteiger partial charge in [-0.3, -0.25) is 4.79 Å². The number of rotatable bonds is 4. The number of amides is 1. The van der Waals surface area contributed by atoms with E-state index in [1.807, 2.05) is 7.05 Å². The summed E-state index contributed by atoms with van der Waals surface area (Å²) in [5, 5.41) is 3.39. The first-order chi connectivity index (χ1) is 13.8. The minimum atomic E-state index is -3.53. The molecule has 1 atom stereocenters. The normalized spacial score (nSPS) is 20.1. The smallest absolute Gasteiger partial charge is 0.265 e. The second kappa shape index (κ2) is 7.95. The Balaban J connectivity index is 1.40. The maximum absolute atomic E-state index is 12.8. The van der Waals surface area contributed by atoms with Crippen LogP contribution in [0.2, 0.25) is 5.02 Å². The van der Waals surface area contributed by atoms with Crippen LogP contribution in [0, 0.1) is 0 Å². The van der Waals surface area contributed by atoms with Gasteiger partial charge in [0.25, 0.3) is 5.91 Å². The molecule has 2 aliphatic heterocycles. The molecule has 1 amide bonds. The maximum atomic E-state index is 12.8. The number of piperazine rings is 1. The van der Waals surface area contributed by atoms with E-state index in [-0.39, 0.29) is 10.8 Å². The average Bonchev–Trinajstić information content (AvgIpc) is 3.12. The van der Waals surface area contributed by atoms with E-state index in [4.69, 9.17) is 16.3 Å². The Kier molecular flexibility index (Phi) is 5.52. The van der Waals surface area contributed by atoms with Crippen LogP contribution in [0.3, 0.4) is 0 Å². The van der Waals surface area contributed by atoms with Crippen LogP contribution < -0.4 is 10.1 Å². The highest BCUT2D eigenvalue weighted by Gasteiger charge is 2.30. The molecule has 0 aromatic heterocycles. The summed E-state index contributed by atoms with van der Waals surface area (Å²) in [4.78, 5) is 14.8. The molecule has 7 nitrogen and oxygen atoms in total. The number of nitrogens with one attached hydrogen (secondary N) is 1. The zero-order valence-corrected chi connectivity index (χ0v) is 17.5. The Labute approximate surface area is 175 Å². The van der Waals surface area contributed by atoms with E-state index in [1.165, 1.54) is 16.4 Å². The van der Waals surface area contributed by atoms with Gasteiger partial charge in [-0.2, -0.15) is 4.31 Å². The Hall–Kier alpha value is -2.13. The van der Waals surface area contributed by atoms with Crippen molar-refractivity contribution in [2.75, 3.05) is 38.5 Å². The van der Waals surface area contributed by atoms with Crippen LogP contribution in [0.4, 0.5) is 5.69 Å². The molecule has 29 heavy (non-hydrogen) atoms. The fourth-order valence-electron chi connectivity index (χ4n) is 3.47. The molecular formula is C20H22ClN3O4S. The molecule has 0 bridgehead atoms. The maximum Gasteiger partial charge on any atom is 0.265 e. The summed E-state index contributed by atoms with van der Waals surface area (Å²) in [6.07, 6.45) is -0.199. The summed E-state index contributed by atoms with van der Waals surface area (Å²) in [6, 6.07) is 11.5. The van der Waals surface area contributed by atoms with Crippen molar-refractivity contribution >= 4 is 33.2 Å². The fourth-order valence-corrected chi connectivity index (χ4v) is 5.09. The average molecular weight is 436 g/mol. The van der Waals surface area contributed by atoms with Crippen molar-refractivity contribution in [2.45, 2.75) is 17.4 Å². The van der Waals surface area contributed by atoms with Crippen molar-refractivity contribution in [2.24, 2.45) is 0 Å². The van der Waals surface area contributed by atoms with Crippen molar-refractivity contribution in [1.82, 2.24) is 9.21 Å². The number of hydrogen-bond donors (Lipinski definition) is 1. The van der Waals surface area contributed by atoms with Crippen LogP contribution >= 0.6 is 11.6 Å². The van der Waals surface area contributed by atoms with Crippen LogP contribution in [-0.2, 0) is 21.2 Å². The quantitative estimate of drug-likeness (QED) is 0.796. The van der Waals surface area contributed by atoms with E-state index in [1.54, 1.807) is 30.3 Å². The zero-order chi connectivity index (χ0) is 20.6. The van der Waals surface area contributed by atoms with Crippen molar-refractivity contribution in [3.05, 3.63) is 53.1 Å². The molecule has 4 rings (SSSR count). The number of carbonyl (C=O) groups excluding carboxylic acids is 1. The Morgan fingerprint density at radius 3 is 2.48 bits per heavy atom. The predicted molar refractivity (Wildman–Crippen MR) is 111 cm³/mol. The molecular weight excluding hydrogens is 414 g/mol. The molecule has 2 aliphatic rings. The molecule has 9 heteroatoms. The van der Waals surface area contributed by atoms with E-state index >= 15 is 0 Å². The lowest BCUT2D eigenvalue weighted by Gasteiger charge is -2.31. The van der Waals surface area contributed by atoms with Crippen molar-refractivity contribution in [1.29, 1.82) is 0 Å². The Bertz CT molecular complexity index is 1020. The summed E-state index contributed by atoms with van der Waals surface area (Å²) in [5.41, 5.74) is 1.41. The second-order valence-electron chi connectivity index (χ2n) is 7.28. The highest BCUT2D eigenvalue weighted by atomic mass is 35.5. The number of halogens is 1. The zero-order valence-electron chi connectivity index (χ0n) is 16.0. The molecule has 0 saturated carbocycles. The molecule has 2 heterocycles. The molecule has 0 aliphatic carbocycles. The molecule has 1 unspecified atom stereocenters. The third-order valence-corrected chi connectivity index (χ3v) is 7.36. The van der Waals surface area contributed by atoms with Gasteiger partial charge in [0.2, 0.25) is 10.0 Å². The number of anilines is 1. The Morgan fingerprint density at radius 2 is 1.79 bits per heavy atom. The van der Waals surface area contributed by atoms with Gasteiger partial charge < -0.3 is 15.0 Å². The molecule has 2 aromatic rings. The third-order valence-electron chi connectivity index (χ3n) is 5.21. The number of sulfonamides is 1. The number of fused-ring (bicyclic) bond motifs is 1. The van der Waals surface area contributed by atoms with Gasteiger partial charge in [-0.25, -0.2) is 8.42 Å². The lowest BCUT2D eigenvalue weighted by molar-refractivity contribution is -0.122. The molecule has 154 valence electrons. The van der Waals surface area contributed by atoms with E-state index in [2.05, 4.69) is 10.2 Å². The van der Waals surface area contributed by atoms with E-state index in [9.17, 15) is 13.2 Å². The summed E-state index contributed by atoms with van der Waals surface area (Å²) < 4.78 is 32.7. The molecule has 1 fully saturated rings. The molecule has 1 N–H and O–H groups in total. The van der Waals surface area contributed by atoms with Gasteiger partial charge in [-0.1, -0.05) is 11.6 Å². The highest BCUT2D eigenvalue weighted by molar-refractivity contribution is 7.89. The van der Waals surface area contributed by atoms with Crippen molar-refractivity contribution < 1.29 is 17.9 Å². The second-order valence-corrected chi connectivity index (χ2v) is 9.66. The van der Waals surface area contributed by atoms with Crippen molar-refractivity contribution in [3.8, 4) is 5.75 Å². The minimum absolute atomic E-state index is 0.221. The van der Waals surface area contributed by atoms with Gasteiger partial charge in [0.05, 0.1) is 4.90 Å². The number of hydrogen-bond acceptors (Lipinski definition) is 5. The number of nitrogens with zero attached hydrogens (tertiary/aromatic N) is 2. The van der Waals surface area contributed by atoms with Gasteiger partial charge in [0.1, 0.15) is 5.75 Å². The number of ether oxygens (including phenoxy) is 1. The van der Waals surface area contributed by atoms with E-state index in [0.29, 0.717) is 49.1 Å². The molecule has 0 radical (unpaired) electrons. The molecule has 2 aromatic carbocycles. The molecule has 0 spiro atoms. The summed E-state index contributed by atoms with van der Waals surface area (Å²) in [5.74, 6) is 0.371. The predicted octanol–water partition coefficient (Wildman–Crippen LogP) is 2.22. The van der Waals surface area contributed by atoms with Crippen LogP contribution in [0.15, 0.2) is 47.4 Å². The third kappa shape index (κ3) is 4.25. The highest BCUT2D eigenvalue weighted by Crippen LogP contribution is 2.31. The van der Waals surface area contributed by atoms with Gasteiger partial charge in [0, 0.05) is 43.3 Å². The topological polar surface area (TPSA) is 79.0 Å². The summed E-state index contributed by atoms with van der Waals surface area (Å²) in [7, 11) is -1.56. The first kappa shape index (κ1) is 20.2. The van der Waals surface area contributed by atoms with Crippen LogP contribution in [0.5, 0.6) is 5.75 Å². The van der Waals surface area contributed by atoms with Gasteiger partial charge in [-0.05, 0) is 55.1 Å². The summed E-state index contributed by atoms with van der Waals surface area (Å²) >= 11 is 5.98. The number of likely N-dealkylation sites (N-methyl/N-ethyl adjacent to an activating group) is 1. The number of benzene rings is 2. The van der Waals surface area contributed by atoms with Crippen LogP contribution in [0.25, 0.3) is 0 Å². The first-order valence-corrected chi connectivity index (χ1v) is 11.2. The van der Waals surface area contributed by atoms with Crippen LogP contribution in [0.1, 0.15) is 5.56 Å². The van der Waals surface area contributed by atoms with E-state index in [0.717, 1.165) is 5.56 Å². The monoisotopic (exact) mass is 435 g/mol. The van der Waals surface area contributed by atoms with Crippen LogP contribution in [-0.4, -0.2) is 62.9 Å². The van der Waals surface area contributed by atoms with E-state index < -0.39 is 16.1 Å². The largest absolute Gasteiger partial charge is 0.480 e. The minimum Gasteiger partial charge on any atom is -0.480 e. The van der Waals surface area contributed by atoms with Gasteiger partial charge in [-0.15, -0.1) is 0 Å². The van der Waals surface area contributed by atoms with Crippen molar-refractivity contribution in [3.63, 3.8) is 0 Å². The number of carbonyl (C=O) groups is 1. The lowest BCUT2D eigenvalue weighted by Crippen LogP contribution is -2.46. The standard InChI is InChI=1S/C20H22ClN3O4S/c1-23-8-10-24(11-9-23)29(26,27)17-5-3-16(4-6-17)22-20(25)19-13-14-12-15(21)2-7-18(14)28-19/h2-7,12,19H,8-11,13H2,1H3,(H,22,25). The SMILES string of the molecule is CN1CCN(S(=O)(=O)c2ccc(NC(=O)C3Cc4cc(Cl)ccc4O3)cc2)CC1. The fraction of sp³-hybridized carbons (Fsp3) is 0.350. The van der Waals surface area contributed by atoms with Gasteiger partial charge >= 0.3 is 0 Å². The molecule has 1 saturated heterocycles. The summed E-state index contributed by atoms with van der Waals surface area (Å²) in [6.45, 7) is 2.37. The Morgan fingerprint density at radius 1 is 1.10 bits per heavy atom. The van der Waals surface area contributed by atoms with Gasteiger partial charge in [0.15, 0.2) is 6.10 Å². The lowest BCUT2D eigenvalue weighted by atomic mass is 10.1.